The average molecular weight is 237 g/mol. The summed E-state index contributed by atoms with van der Waals surface area (Å²) >= 11 is 0. The van der Waals surface area contributed by atoms with Gasteiger partial charge < -0.3 is 14.8 Å². The maximum atomic E-state index is 5.65. The number of ether oxygens (including phenoxy) is 2. The van der Waals surface area contributed by atoms with Gasteiger partial charge in [-0.2, -0.15) is 0 Å². The van der Waals surface area contributed by atoms with Crippen molar-refractivity contribution in [3.05, 3.63) is 12.4 Å². The Labute approximate surface area is 102 Å². The Morgan fingerprint density at radius 3 is 2.88 bits per heavy atom. The molecule has 1 aromatic heterocycles. The van der Waals surface area contributed by atoms with E-state index >= 15 is 0 Å². The van der Waals surface area contributed by atoms with Gasteiger partial charge >= 0.3 is 0 Å². The highest BCUT2D eigenvalue weighted by Crippen LogP contribution is 2.15. The van der Waals surface area contributed by atoms with E-state index in [-0.39, 0.29) is 0 Å². The molecule has 0 bridgehead atoms. The summed E-state index contributed by atoms with van der Waals surface area (Å²) in [5.74, 6) is 1.31. The number of nitrogens with zero attached hydrogens (tertiary/aromatic N) is 2. The normalized spacial score (nSPS) is 19.9. The minimum absolute atomic E-state index is 0.398. The van der Waals surface area contributed by atoms with Crippen LogP contribution in [0.3, 0.4) is 0 Å². The van der Waals surface area contributed by atoms with Crippen molar-refractivity contribution < 1.29 is 9.47 Å². The molecule has 5 nitrogen and oxygen atoms in total. The number of rotatable bonds is 5. The number of aromatic nitrogens is 2. The van der Waals surface area contributed by atoms with Gasteiger partial charge in [0, 0.05) is 13.2 Å². The zero-order valence-electron chi connectivity index (χ0n) is 10.2. The number of nitrogens with one attached hydrogen (secondary N) is 1. The van der Waals surface area contributed by atoms with E-state index in [1.807, 2.05) is 0 Å². The third kappa shape index (κ3) is 3.85. The Morgan fingerprint density at radius 2 is 2.24 bits per heavy atom. The first kappa shape index (κ1) is 12.1. The summed E-state index contributed by atoms with van der Waals surface area (Å²) in [6.45, 7) is 1.75. The van der Waals surface area contributed by atoms with Crippen molar-refractivity contribution in [2.75, 3.05) is 25.6 Å². The van der Waals surface area contributed by atoms with Crippen LogP contribution in [-0.2, 0) is 4.74 Å². The van der Waals surface area contributed by atoms with Gasteiger partial charge in [0.15, 0.2) is 5.75 Å². The monoisotopic (exact) mass is 237 g/mol. The van der Waals surface area contributed by atoms with Crippen molar-refractivity contribution >= 4 is 5.95 Å². The van der Waals surface area contributed by atoms with E-state index in [4.69, 9.17) is 9.47 Å². The Hall–Kier alpha value is -1.36. The molecule has 1 atom stereocenters. The second-order valence-electron chi connectivity index (χ2n) is 4.15. The predicted octanol–water partition coefficient (Wildman–Crippen LogP) is 1.86. The van der Waals surface area contributed by atoms with Gasteiger partial charge in [0.05, 0.1) is 25.6 Å². The van der Waals surface area contributed by atoms with Crippen molar-refractivity contribution in [3.63, 3.8) is 0 Å². The summed E-state index contributed by atoms with van der Waals surface area (Å²) in [5.41, 5.74) is 0. The van der Waals surface area contributed by atoms with Gasteiger partial charge in [0.1, 0.15) is 0 Å². The summed E-state index contributed by atoms with van der Waals surface area (Å²) < 4.78 is 10.6. The van der Waals surface area contributed by atoms with Gasteiger partial charge in [0.25, 0.3) is 0 Å². The van der Waals surface area contributed by atoms with Gasteiger partial charge in [-0.25, -0.2) is 9.97 Å². The van der Waals surface area contributed by atoms with Gasteiger partial charge in [-0.3, -0.25) is 0 Å². The molecule has 1 aliphatic rings. The van der Waals surface area contributed by atoms with E-state index in [0.717, 1.165) is 19.6 Å². The molecular weight excluding hydrogens is 218 g/mol. The zero-order valence-corrected chi connectivity index (χ0v) is 10.2. The smallest absolute Gasteiger partial charge is 0.222 e. The third-order valence-corrected chi connectivity index (χ3v) is 2.89. The molecule has 1 unspecified atom stereocenters. The SMILES string of the molecule is COc1cnc(NCCC2CCCCO2)nc1. The van der Waals surface area contributed by atoms with Gasteiger partial charge in [-0.05, 0) is 25.7 Å². The molecule has 0 aliphatic carbocycles. The predicted molar refractivity (Wildman–Crippen MR) is 65.3 cm³/mol. The number of hydrogen-bond acceptors (Lipinski definition) is 5. The zero-order chi connectivity index (χ0) is 11.9. The first-order valence-corrected chi connectivity index (χ1v) is 6.10. The van der Waals surface area contributed by atoms with E-state index in [1.165, 1.54) is 19.3 Å². The molecule has 1 aromatic rings. The average Bonchev–Trinajstić information content (AvgIpc) is 2.41. The van der Waals surface area contributed by atoms with Gasteiger partial charge in [0.2, 0.25) is 5.95 Å². The van der Waals surface area contributed by atoms with E-state index in [2.05, 4.69) is 15.3 Å². The molecule has 2 heterocycles. The molecule has 0 amide bonds. The van der Waals surface area contributed by atoms with Crippen LogP contribution in [0.1, 0.15) is 25.7 Å². The first-order chi connectivity index (χ1) is 8.38. The van der Waals surface area contributed by atoms with Crippen LogP contribution in [0, 0.1) is 0 Å². The van der Waals surface area contributed by atoms with Gasteiger partial charge in [-0.1, -0.05) is 0 Å². The summed E-state index contributed by atoms with van der Waals surface area (Å²) in [7, 11) is 1.60. The Balaban J connectivity index is 1.69. The molecule has 5 heteroatoms. The number of methoxy groups -OCH3 is 1. The molecule has 0 spiro atoms. The number of hydrogen-bond donors (Lipinski definition) is 1. The maximum absolute atomic E-state index is 5.65. The van der Waals surface area contributed by atoms with Gasteiger partial charge in [-0.15, -0.1) is 0 Å². The second-order valence-corrected chi connectivity index (χ2v) is 4.15. The molecule has 1 saturated heterocycles. The van der Waals surface area contributed by atoms with E-state index in [0.29, 0.717) is 17.8 Å². The largest absolute Gasteiger partial charge is 0.494 e. The van der Waals surface area contributed by atoms with Crippen LogP contribution in [0.5, 0.6) is 5.75 Å². The lowest BCUT2D eigenvalue weighted by Crippen LogP contribution is -2.22. The Bertz CT molecular complexity index is 323. The van der Waals surface area contributed by atoms with Crippen LogP contribution >= 0.6 is 0 Å². The molecule has 94 valence electrons. The molecule has 0 aromatic carbocycles. The van der Waals surface area contributed by atoms with Crippen LogP contribution in [-0.4, -0.2) is 36.3 Å². The van der Waals surface area contributed by atoms with E-state index in [9.17, 15) is 0 Å². The Morgan fingerprint density at radius 1 is 1.41 bits per heavy atom. The molecule has 17 heavy (non-hydrogen) atoms. The fraction of sp³-hybridized carbons (Fsp3) is 0.667. The standard InChI is InChI=1S/C12H19N3O2/c1-16-11-8-14-12(15-9-11)13-6-5-10-4-2-3-7-17-10/h8-10H,2-7H2,1H3,(H,13,14,15). The minimum Gasteiger partial charge on any atom is -0.494 e. The van der Waals surface area contributed by atoms with Crippen molar-refractivity contribution in [2.45, 2.75) is 31.8 Å². The first-order valence-electron chi connectivity index (χ1n) is 6.10. The van der Waals surface area contributed by atoms with Crippen molar-refractivity contribution in [3.8, 4) is 5.75 Å². The summed E-state index contributed by atoms with van der Waals surface area (Å²) in [6.07, 6.45) is 8.38. The lowest BCUT2D eigenvalue weighted by Gasteiger charge is -2.22. The Kier molecular flexibility index (Phi) is 4.55. The third-order valence-electron chi connectivity index (χ3n) is 2.89. The lowest BCUT2D eigenvalue weighted by atomic mass is 10.1. The molecule has 1 N–H and O–H groups in total. The molecular formula is C12H19N3O2. The topological polar surface area (TPSA) is 56.3 Å². The maximum Gasteiger partial charge on any atom is 0.222 e. The van der Waals surface area contributed by atoms with Crippen molar-refractivity contribution in [2.24, 2.45) is 0 Å². The van der Waals surface area contributed by atoms with Crippen molar-refractivity contribution in [1.29, 1.82) is 0 Å². The van der Waals surface area contributed by atoms with Crippen LogP contribution in [0.25, 0.3) is 0 Å². The quantitative estimate of drug-likeness (QED) is 0.847. The number of anilines is 1. The molecule has 0 radical (unpaired) electrons. The summed E-state index contributed by atoms with van der Waals surface area (Å²) in [5, 5.41) is 3.19. The molecule has 1 fully saturated rings. The van der Waals surface area contributed by atoms with Crippen molar-refractivity contribution in [1.82, 2.24) is 9.97 Å². The van der Waals surface area contributed by atoms with Crippen LogP contribution < -0.4 is 10.1 Å². The highest BCUT2D eigenvalue weighted by Gasteiger charge is 2.13. The minimum atomic E-state index is 0.398. The fourth-order valence-electron chi connectivity index (χ4n) is 1.89. The van der Waals surface area contributed by atoms with E-state index < -0.39 is 0 Å². The summed E-state index contributed by atoms with van der Waals surface area (Å²) in [4.78, 5) is 8.29. The van der Waals surface area contributed by atoms with Crippen LogP contribution in [0.2, 0.25) is 0 Å². The molecule has 2 rings (SSSR count). The van der Waals surface area contributed by atoms with Crippen LogP contribution in [0.15, 0.2) is 12.4 Å². The molecule has 1 aliphatic heterocycles. The second kappa shape index (κ2) is 6.39. The summed E-state index contributed by atoms with van der Waals surface area (Å²) in [6, 6.07) is 0. The van der Waals surface area contributed by atoms with Crippen LogP contribution in [0.4, 0.5) is 5.95 Å². The molecule has 0 saturated carbocycles. The fourth-order valence-corrected chi connectivity index (χ4v) is 1.89. The highest BCUT2D eigenvalue weighted by atomic mass is 16.5. The van der Waals surface area contributed by atoms with E-state index in [1.54, 1.807) is 19.5 Å². The lowest BCUT2D eigenvalue weighted by molar-refractivity contribution is 0.0134. The highest BCUT2D eigenvalue weighted by molar-refractivity contribution is 5.26.